The smallest absolute Gasteiger partial charge is 0.159 e. The van der Waals surface area contributed by atoms with Gasteiger partial charge in [0.2, 0.25) is 0 Å². The van der Waals surface area contributed by atoms with E-state index in [-0.39, 0.29) is 31.0 Å². The van der Waals surface area contributed by atoms with E-state index in [1.165, 1.54) is 6.92 Å². The first-order valence-electron chi connectivity index (χ1n) is 13.1. The fourth-order valence-corrected chi connectivity index (χ4v) is 8.36. The second-order valence-electron chi connectivity index (χ2n) is 13.0. The number of carbonyl (C=O) groups is 1. The van der Waals surface area contributed by atoms with Crippen LogP contribution in [0.2, 0.25) is 0 Å². The van der Waals surface area contributed by atoms with Gasteiger partial charge in [-0.1, -0.05) is 13.8 Å². The molecule has 7 N–H and O–H groups in total. The van der Waals surface area contributed by atoms with Crippen LogP contribution in [0.4, 0.5) is 0 Å². The highest BCUT2D eigenvalue weighted by molar-refractivity contribution is 5.95. The molecule has 0 bridgehead atoms. The molecule has 3 fully saturated rings. The number of hydrogen-bond donors (Lipinski definition) is 7. The fourth-order valence-electron chi connectivity index (χ4n) is 8.36. The Morgan fingerprint density at radius 2 is 1.74 bits per heavy atom. The second-order valence-corrected chi connectivity index (χ2v) is 13.0. The van der Waals surface area contributed by atoms with E-state index in [0.29, 0.717) is 37.7 Å². The molecule has 200 valence electrons. The van der Waals surface area contributed by atoms with Crippen LogP contribution in [0, 0.1) is 28.6 Å². The number of fused-ring (bicyclic) bond motifs is 5. The van der Waals surface area contributed by atoms with Crippen LogP contribution in [0.1, 0.15) is 79.1 Å². The molecule has 4 aliphatic rings. The monoisotopic (exact) mass is 496 g/mol. The molecular formula is C27H44O8. The molecule has 4 aliphatic carbocycles. The topological polar surface area (TPSA) is 159 Å². The summed E-state index contributed by atoms with van der Waals surface area (Å²) in [7, 11) is 0. The Kier molecular flexibility index (Phi) is 6.66. The van der Waals surface area contributed by atoms with Gasteiger partial charge in [-0.05, 0) is 94.1 Å². The lowest BCUT2D eigenvalue weighted by Gasteiger charge is -2.60. The number of carbonyl (C=O) groups excluding carboxylic acids is 1. The van der Waals surface area contributed by atoms with Crippen LogP contribution in [0.25, 0.3) is 0 Å². The van der Waals surface area contributed by atoms with Crippen LogP contribution in [0.5, 0.6) is 0 Å². The molecule has 0 aromatic carbocycles. The van der Waals surface area contributed by atoms with Crippen LogP contribution in [0.15, 0.2) is 11.6 Å². The number of ketones is 1. The van der Waals surface area contributed by atoms with Gasteiger partial charge in [-0.2, -0.15) is 0 Å². The minimum atomic E-state index is -1.55. The highest BCUT2D eigenvalue weighted by Crippen LogP contribution is 2.68. The zero-order valence-electron chi connectivity index (χ0n) is 21.4. The predicted molar refractivity (Wildman–Crippen MR) is 128 cm³/mol. The Labute approximate surface area is 207 Å². The summed E-state index contributed by atoms with van der Waals surface area (Å²) in [6.45, 7) is 6.54. The fraction of sp³-hybridized carbons (Fsp3) is 0.889. The summed E-state index contributed by atoms with van der Waals surface area (Å²) in [6, 6.07) is 0. The molecule has 3 saturated carbocycles. The summed E-state index contributed by atoms with van der Waals surface area (Å²) < 4.78 is 0. The van der Waals surface area contributed by atoms with Crippen LogP contribution in [0.3, 0.4) is 0 Å². The molecule has 0 aromatic rings. The van der Waals surface area contributed by atoms with E-state index in [4.69, 9.17) is 0 Å². The summed E-state index contributed by atoms with van der Waals surface area (Å²) >= 11 is 0. The van der Waals surface area contributed by atoms with E-state index >= 15 is 0 Å². The van der Waals surface area contributed by atoms with Gasteiger partial charge in [-0.25, -0.2) is 0 Å². The highest BCUT2D eigenvalue weighted by Gasteiger charge is 2.69. The van der Waals surface area contributed by atoms with Gasteiger partial charge in [0.1, 0.15) is 0 Å². The Morgan fingerprint density at radius 3 is 2.37 bits per heavy atom. The molecule has 8 nitrogen and oxygen atoms in total. The molecule has 0 spiro atoms. The molecule has 3 unspecified atom stereocenters. The van der Waals surface area contributed by atoms with Crippen LogP contribution >= 0.6 is 0 Å². The Balaban J connectivity index is 1.64. The summed E-state index contributed by atoms with van der Waals surface area (Å²) in [5.41, 5.74) is -4.90. The zero-order chi connectivity index (χ0) is 26.2. The first kappa shape index (κ1) is 27.2. The lowest BCUT2D eigenvalue weighted by atomic mass is 9.45. The number of allylic oxidation sites excluding steroid dienone is 1. The standard InChI is InChI=1S/C27H44O8/c1-23(33,14-28)8-7-22(32)26(4,34)21-6-10-27(35)16-11-18(29)17-12-19(30)20(31)13-24(17,2)15(16)5-9-25(21,27)3/h11,15,17,19-22,28,30-35H,5-10,12-14H2,1-4H3/t15-,17-,19+,20-,21?,22+,23?,24+,25+,26+,27?/m0/s1. The number of aliphatic hydroxyl groups is 7. The van der Waals surface area contributed by atoms with Gasteiger partial charge in [0.25, 0.3) is 0 Å². The van der Waals surface area contributed by atoms with Crippen molar-refractivity contribution in [3.8, 4) is 0 Å². The van der Waals surface area contributed by atoms with E-state index in [2.05, 4.69) is 0 Å². The Bertz CT molecular complexity index is 882. The summed E-state index contributed by atoms with van der Waals surface area (Å²) in [4.78, 5) is 13.3. The van der Waals surface area contributed by atoms with E-state index in [1.54, 1.807) is 13.0 Å². The van der Waals surface area contributed by atoms with Crippen LogP contribution in [-0.4, -0.2) is 83.3 Å². The van der Waals surface area contributed by atoms with Gasteiger partial charge < -0.3 is 35.7 Å². The van der Waals surface area contributed by atoms with Gasteiger partial charge in [-0.3, -0.25) is 4.79 Å². The van der Waals surface area contributed by atoms with Gasteiger partial charge >= 0.3 is 0 Å². The van der Waals surface area contributed by atoms with Crippen molar-refractivity contribution in [2.45, 2.75) is 114 Å². The maximum Gasteiger partial charge on any atom is 0.159 e. The van der Waals surface area contributed by atoms with Crippen molar-refractivity contribution in [2.75, 3.05) is 6.61 Å². The third kappa shape index (κ3) is 3.95. The average Bonchev–Trinajstić information content (AvgIpc) is 3.06. The van der Waals surface area contributed by atoms with Crippen LogP contribution in [-0.2, 0) is 4.79 Å². The van der Waals surface area contributed by atoms with Crippen molar-refractivity contribution >= 4 is 5.78 Å². The summed E-state index contributed by atoms with van der Waals surface area (Å²) in [5.74, 6) is -1.08. The third-order valence-corrected chi connectivity index (χ3v) is 10.8. The lowest BCUT2D eigenvalue weighted by Crippen LogP contribution is -2.62. The van der Waals surface area contributed by atoms with Crippen molar-refractivity contribution in [2.24, 2.45) is 28.6 Å². The van der Waals surface area contributed by atoms with Crippen molar-refractivity contribution in [3.63, 3.8) is 0 Å². The van der Waals surface area contributed by atoms with Crippen molar-refractivity contribution < 1.29 is 40.5 Å². The van der Waals surface area contributed by atoms with Crippen molar-refractivity contribution in [3.05, 3.63) is 11.6 Å². The zero-order valence-corrected chi connectivity index (χ0v) is 21.4. The number of aliphatic hydroxyl groups excluding tert-OH is 4. The first-order valence-corrected chi connectivity index (χ1v) is 13.1. The Morgan fingerprint density at radius 1 is 1.09 bits per heavy atom. The summed E-state index contributed by atoms with van der Waals surface area (Å²) in [6.07, 6.45) is 1.37. The van der Waals surface area contributed by atoms with Gasteiger partial charge in [0.15, 0.2) is 5.78 Å². The maximum atomic E-state index is 13.3. The van der Waals surface area contributed by atoms with E-state index in [0.717, 1.165) is 0 Å². The summed E-state index contributed by atoms with van der Waals surface area (Å²) in [5, 5.41) is 74.9. The third-order valence-electron chi connectivity index (χ3n) is 10.8. The first-order chi connectivity index (χ1) is 16.0. The second kappa shape index (κ2) is 8.58. The molecule has 0 saturated heterocycles. The maximum absolute atomic E-state index is 13.3. The lowest BCUT2D eigenvalue weighted by molar-refractivity contribution is -0.177. The molecule has 0 amide bonds. The van der Waals surface area contributed by atoms with Crippen molar-refractivity contribution in [1.82, 2.24) is 0 Å². The van der Waals surface area contributed by atoms with E-state index < -0.39 is 64.4 Å². The predicted octanol–water partition coefficient (Wildman–Crippen LogP) is 0.826. The molecule has 0 aromatic heterocycles. The number of rotatable bonds is 6. The van der Waals surface area contributed by atoms with Crippen LogP contribution < -0.4 is 0 Å². The molecule has 0 aliphatic heterocycles. The van der Waals surface area contributed by atoms with E-state index in [1.807, 2.05) is 13.8 Å². The molecule has 4 rings (SSSR count). The van der Waals surface area contributed by atoms with Gasteiger partial charge in [-0.15, -0.1) is 0 Å². The minimum absolute atomic E-state index is 0.0926. The van der Waals surface area contributed by atoms with Gasteiger partial charge in [0.05, 0.1) is 41.7 Å². The molecule has 35 heavy (non-hydrogen) atoms. The highest BCUT2D eigenvalue weighted by atomic mass is 16.3. The molecular weight excluding hydrogens is 452 g/mol. The molecule has 8 heteroatoms. The molecule has 0 heterocycles. The van der Waals surface area contributed by atoms with Crippen molar-refractivity contribution in [1.29, 1.82) is 0 Å². The molecule has 11 atom stereocenters. The number of hydrogen-bond acceptors (Lipinski definition) is 8. The largest absolute Gasteiger partial charge is 0.393 e. The average molecular weight is 497 g/mol. The normalized spacial score (nSPS) is 47.6. The van der Waals surface area contributed by atoms with Gasteiger partial charge in [0, 0.05) is 11.3 Å². The Hall–Kier alpha value is -0.870. The minimum Gasteiger partial charge on any atom is -0.393 e. The quantitative estimate of drug-likeness (QED) is 0.285. The molecule has 0 radical (unpaired) electrons. The SMILES string of the molecule is CC(O)(CO)CC[C@@H](O)[C@](C)(O)C1CCC2(O)C3=CC(=O)[C@@H]4C[C@@H](O)[C@@H](O)C[C@]4(C)[C@H]3CC[C@]12C. The van der Waals surface area contributed by atoms with E-state index in [9.17, 15) is 40.5 Å².